The average Bonchev–Trinajstić information content (AvgIpc) is 2.46. The number of rotatable bonds is 5. The van der Waals surface area contributed by atoms with Crippen LogP contribution in [0.15, 0.2) is 0 Å². The molecule has 0 saturated carbocycles. The molecule has 3 heteroatoms. The van der Waals surface area contributed by atoms with Gasteiger partial charge in [-0.3, -0.25) is 4.90 Å². The van der Waals surface area contributed by atoms with Crippen molar-refractivity contribution in [2.24, 2.45) is 5.92 Å². The number of piperidine rings is 1. The van der Waals surface area contributed by atoms with Crippen molar-refractivity contribution >= 4 is 0 Å². The fourth-order valence-corrected chi connectivity index (χ4v) is 4.03. The van der Waals surface area contributed by atoms with E-state index in [1.165, 1.54) is 58.4 Å². The van der Waals surface area contributed by atoms with Gasteiger partial charge in [-0.25, -0.2) is 0 Å². The van der Waals surface area contributed by atoms with E-state index in [4.69, 9.17) is 0 Å². The molecule has 3 atom stereocenters. The lowest BCUT2D eigenvalue weighted by atomic mass is 9.94. The Morgan fingerprint density at radius 1 is 1.20 bits per heavy atom. The first kappa shape index (κ1) is 16.3. The molecule has 0 aromatic carbocycles. The second-order valence-corrected chi connectivity index (χ2v) is 7.18. The van der Waals surface area contributed by atoms with Crippen LogP contribution >= 0.6 is 0 Å². The summed E-state index contributed by atoms with van der Waals surface area (Å²) < 4.78 is 0. The normalized spacial score (nSPS) is 33.8. The Balaban J connectivity index is 1.97. The molecule has 0 radical (unpaired) electrons. The van der Waals surface area contributed by atoms with Crippen molar-refractivity contribution in [3.05, 3.63) is 0 Å². The molecular weight excluding hydrogens is 246 g/mol. The molecule has 2 heterocycles. The van der Waals surface area contributed by atoms with Gasteiger partial charge >= 0.3 is 0 Å². The highest BCUT2D eigenvalue weighted by atomic mass is 15.3. The van der Waals surface area contributed by atoms with Crippen LogP contribution in [0.2, 0.25) is 0 Å². The highest BCUT2D eigenvalue weighted by molar-refractivity contribution is 4.92. The van der Waals surface area contributed by atoms with Gasteiger partial charge < -0.3 is 10.2 Å². The van der Waals surface area contributed by atoms with Gasteiger partial charge in [-0.15, -0.1) is 0 Å². The summed E-state index contributed by atoms with van der Waals surface area (Å²) in [7, 11) is 0. The second-order valence-electron chi connectivity index (χ2n) is 7.18. The van der Waals surface area contributed by atoms with Crippen LogP contribution in [0.1, 0.15) is 53.4 Å². The molecule has 0 amide bonds. The number of likely N-dealkylation sites (N-methyl/N-ethyl adjacent to an activating group) is 1. The van der Waals surface area contributed by atoms with Crippen LogP contribution in [0.3, 0.4) is 0 Å². The molecule has 20 heavy (non-hydrogen) atoms. The summed E-state index contributed by atoms with van der Waals surface area (Å²) in [4.78, 5) is 5.49. The highest BCUT2D eigenvalue weighted by Crippen LogP contribution is 2.23. The molecule has 2 rings (SSSR count). The van der Waals surface area contributed by atoms with Gasteiger partial charge in [0.1, 0.15) is 0 Å². The fraction of sp³-hybridized carbons (Fsp3) is 1.00. The van der Waals surface area contributed by atoms with Crippen LogP contribution in [0.5, 0.6) is 0 Å². The van der Waals surface area contributed by atoms with Crippen molar-refractivity contribution in [1.82, 2.24) is 15.1 Å². The number of nitrogens with one attached hydrogen (secondary N) is 1. The minimum Gasteiger partial charge on any atom is -0.311 e. The van der Waals surface area contributed by atoms with E-state index in [1.54, 1.807) is 0 Å². The first-order valence-electron chi connectivity index (χ1n) is 8.85. The van der Waals surface area contributed by atoms with Crippen LogP contribution in [0.4, 0.5) is 0 Å². The molecule has 3 unspecified atom stereocenters. The van der Waals surface area contributed by atoms with Crippen LogP contribution in [0.25, 0.3) is 0 Å². The standard InChI is InChI=1S/C17H35N3/c1-5-16-11-18-15(10-14(3)4)12-20(16)17-8-7-9-19(6-2)13-17/h14-18H,5-13H2,1-4H3. The topological polar surface area (TPSA) is 18.5 Å². The lowest BCUT2D eigenvalue weighted by Crippen LogP contribution is -2.62. The van der Waals surface area contributed by atoms with E-state index in [2.05, 4.69) is 42.8 Å². The van der Waals surface area contributed by atoms with E-state index in [-0.39, 0.29) is 0 Å². The maximum Gasteiger partial charge on any atom is 0.0227 e. The minimum atomic E-state index is 0.704. The molecule has 118 valence electrons. The summed E-state index contributed by atoms with van der Waals surface area (Å²) in [6.45, 7) is 15.6. The third-order valence-electron chi connectivity index (χ3n) is 5.17. The predicted octanol–water partition coefficient (Wildman–Crippen LogP) is 2.57. The van der Waals surface area contributed by atoms with E-state index in [9.17, 15) is 0 Å². The van der Waals surface area contributed by atoms with Crippen molar-refractivity contribution in [3.8, 4) is 0 Å². The zero-order valence-electron chi connectivity index (χ0n) is 14.1. The molecule has 0 bridgehead atoms. The van der Waals surface area contributed by atoms with Crippen molar-refractivity contribution in [2.75, 3.05) is 32.7 Å². The van der Waals surface area contributed by atoms with Gasteiger partial charge in [0.25, 0.3) is 0 Å². The monoisotopic (exact) mass is 281 g/mol. The number of likely N-dealkylation sites (tertiary alicyclic amines) is 1. The highest BCUT2D eigenvalue weighted by Gasteiger charge is 2.33. The molecular formula is C17H35N3. The first-order chi connectivity index (χ1) is 9.63. The summed E-state index contributed by atoms with van der Waals surface area (Å²) >= 11 is 0. The zero-order chi connectivity index (χ0) is 14.5. The van der Waals surface area contributed by atoms with Gasteiger partial charge in [-0.1, -0.05) is 27.7 Å². The third kappa shape index (κ3) is 4.19. The van der Waals surface area contributed by atoms with Crippen molar-refractivity contribution in [2.45, 2.75) is 71.5 Å². The van der Waals surface area contributed by atoms with Gasteiger partial charge in [0.05, 0.1) is 0 Å². The summed E-state index contributed by atoms with van der Waals surface area (Å²) in [6.07, 6.45) is 5.39. The number of hydrogen-bond acceptors (Lipinski definition) is 3. The largest absolute Gasteiger partial charge is 0.311 e. The van der Waals surface area contributed by atoms with E-state index in [0.717, 1.165) is 18.0 Å². The quantitative estimate of drug-likeness (QED) is 0.835. The lowest BCUT2D eigenvalue weighted by molar-refractivity contribution is 0.0320. The Hall–Kier alpha value is -0.120. The smallest absolute Gasteiger partial charge is 0.0227 e. The van der Waals surface area contributed by atoms with E-state index in [0.29, 0.717) is 6.04 Å². The van der Waals surface area contributed by atoms with E-state index < -0.39 is 0 Å². The molecule has 3 nitrogen and oxygen atoms in total. The van der Waals surface area contributed by atoms with E-state index >= 15 is 0 Å². The minimum absolute atomic E-state index is 0.704. The molecule has 0 aliphatic carbocycles. The van der Waals surface area contributed by atoms with Crippen molar-refractivity contribution in [1.29, 1.82) is 0 Å². The fourth-order valence-electron chi connectivity index (χ4n) is 4.03. The first-order valence-corrected chi connectivity index (χ1v) is 8.85. The Bertz CT molecular complexity index is 279. The van der Waals surface area contributed by atoms with Crippen LogP contribution < -0.4 is 5.32 Å². The summed E-state index contributed by atoms with van der Waals surface area (Å²) in [5.74, 6) is 0.797. The van der Waals surface area contributed by atoms with Gasteiger partial charge in [0, 0.05) is 37.8 Å². The number of piperazine rings is 1. The maximum atomic E-state index is 3.79. The molecule has 0 aromatic rings. The molecule has 0 aromatic heterocycles. The van der Waals surface area contributed by atoms with Gasteiger partial charge in [0.15, 0.2) is 0 Å². The van der Waals surface area contributed by atoms with Crippen LogP contribution in [0, 0.1) is 5.92 Å². The molecule has 2 fully saturated rings. The summed E-state index contributed by atoms with van der Waals surface area (Å²) in [6, 6.07) is 2.25. The summed E-state index contributed by atoms with van der Waals surface area (Å²) in [5.41, 5.74) is 0. The zero-order valence-corrected chi connectivity index (χ0v) is 14.1. The molecule has 2 saturated heterocycles. The van der Waals surface area contributed by atoms with Crippen LogP contribution in [-0.2, 0) is 0 Å². The molecule has 2 aliphatic heterocycles. The van der Waals surface area contributed by atoms with Crippen molar-refractivity contribution < 1.29 is 0 Å². The third-order valence-corrected chi connectivity index (χ3v) is 5.17. The van der Waals surface area contributed by atoms with Gasteiger partial charge in [-0.05, 0) is 44.7 Å². The predicted molar refractivity (Wildman–Crippen MR) is 87.2 cm³/mol. The van der Waals surface area contributed by atoms with Crippen LogP contribution in [-0.4, -0.2) is 60.6 Å². The average molecular weight is 281 g/mol. The Kier molecular flexibility index (Phi) is 6.31. The SMILES string of the molecule is CCC1CNC(CC(C)C)CN1C1CCCN(CC)C1. The van der Waals surface area contributed by atoms with Gasteiger partial charge in [0.2, 0.25) is 0 Å². The summed E-state index contributed by atoms with van der Waals surface area (Å²) in [5, 5.41) is 3.79. The number of hydrogen-bond donors (Lipinski definition) is 1. The Labute approximate surface area is 126 Å². The second kappa shape index (κ2) is 7.77. The maximum absolute atomic E-state index is 3.79. The van der Waals surface area contributed by atoms with Crippen molar-refractivity contribution in [3.63, 3.8) is 0 Å². The molecule has 2 aliphatic rings. The molecule has 1 N–H and O–H groups in total. The molecule has 0 spiro atoms. The van der Waals surface area contributed by atoms with Gasteiger partial charge in [-0.2, -0.15) is 0 Å². The Morgan fingerprint density at radius 2 is 2.00 bits per heavy atom. The van der Waals surface area contributed by atoms with E-state index in [1.807, 2.05) is 0 Å². The lowest BCUT2D eigenvalue weighted by Gasteiger charge is -2.47. The Morgan fingerprint density at radius 3 is 2.65 bits per heavy atom. The number of nitrogens with zero attached hydrogens (tertiary/aromatic N) is 2.